The summed E-state index contributed by atoms with van der Waals surface area (Å²) in [4.78, 5) is 10.9. The standard InChI is InChI=1S/C10H10O3/c1-7(11)9-5-4-8(12-2)6-10(9)13-3/h1,4-6H,2-3H3. The van der Waals surface area contributed by atoms with Crippen LogP contribution >= 0.6 is 0 Å². The smallest absolute Gasteiger partial charge is 0.171 e. The number of carbonyl (C=O) groups excluding carboxylic acids is 1. The molecule has 1 aromatic carbocycles. The summed E-state index contributed by atoms with van der Waals surface area (Å²) in [6, 6.07) is 4.84. The van der Waals surface area contributed by atoms with Crippen LogP contribution in [0.5, 0.6) is 11.5 Å². The van der Waals surface area contributed by atoms with Crippen molar-refractivity contribution in [3.05, 3.63) is 30.7 Å². The first-order valence-electron chi connectivity index (χ1n) is 3.71. The van der Waals surface area contributed by atoms with Crippen molar-refractivity contribution in [2.24, 2.45) is 0 Å². The summed E-state index contributed by atoms with van der Waals surface area (Å²) in [6.45, 7) is 5.12. The predicted octanol–water partition coefficient (Wildman–Crippen LogP) is 1.60. The molecule has 1 rings (SSSR count). The highest BCUT2D eigenvalue weighted by Gasteiger charge is 2.08. The number of rotatable bonds is 3. The van der Waals surface area contributed by atoms with E-state index in [9.17, 15) is 4.79 Å². The monoisotopic (exact) mass is 178 g/mol. The minimum Gasteiger partial charge on any atom is -0.497 e. The lowest BCUT2D eigenvalue weighted by atomic mass is 10.1. The summed E-state index contributed by atoms with van der Waals surface area (Å²) < 4.78 is 9.93. The Hall–Kier alpha value is -1.51. The summed E-state index contributed by atoms with van der Waals surface area (Å²) in [7, 11) is 3.01. The van der Waals surface area contributed by atoms with Crippen molar-refractivity contribution in [2.45, 2.75) is 0 Å². The number of ketones is 1. The zero-order valence-corrected chi connectivity index (χ0v) is 7.53. The van der Waals surface area contributed by atoms with Gasteiger partial charge in [-0.1, -0.05) is 0 Å². The summed E-state index contributed by atoms with van der Waals surface area (Å²) in [5.74, 6) is 0.535. The molecule has 0 saturated heterocycles. The van der Waals surface area contributed by atoms with Crippen LogP contribution in [-0.2, 0) is 0 Å². The molecule has 0 heterocycles. The summed E-state index contributed by atoms with van der Waals surface area (Å²) in [5, 5.41) is 0. The zero-order valence-electron chi connectivity index (χ0n) is 7.53. The molecule has 68 valence electrons. The molecule has 3 nitrogen and oxygen atoms in total. The van der Waals surface area contributed by atoms with Crippen LogP contribution in [0, 0.1) is 6.92 Å². The number of methoxy groups -OCH3 is 2. The van der Waals surface area contributed by atoms with E-state index in [2.05, 4.69) is 0 Å². The van der Waals surface area contributed by atoms with Gasteiger partial charge < -0.3 is 9.47 Å². The first-order chi connectivity index (χ1) is 6.19. The Kier molecular flexibility index (Phi) is 2.90. The van der Waals surface area contributed by atoms with E-state index in [0.717, 1.165) is 0 Å². The average Bonchev–Trinajstić information content (AvgIpc) is 2.16. The van der Waals surface area contributed by atoms with E-state index in [-0.39, 0.29) is 0 Å². The number of Topliss-reactive ketones (excluding diaryl/α,β-unsaturated/α-hetero) is 1. The van der Waals surface area contributed by atoms with E-state index in [1.807, 2.05) is 0 Å². The lowest BCUT2D eigenvalue weighted by molar-refractivity contribution is 0.104. The highest BCUT2D eigenvalue weighted by molar-refractivity contribution is 6.01. The average molecular weight is 178 g/mol. The lowest BCUT2D eigenvalue weighted by Crippen LogP contribution is -1.98. The van der Waals surface area contributed by atoms with Crippen molar-refractivity contribution in [2.75, 3.05) is 14.2 Å². The molecular formula is C10H10O3. The molecule has 0 saturated carbocycles. The first-order valence-corrected chi connectivity index (χ1v) is 3.71. The van der Waals surface area contributed by atoms with E-state index in [1.54, 1.807) is 25.3 Å². The van der Waals surface area contributed by atoms with Crippen LogP contribution in [0.15, 0.2) is 18.2 Å². The van der Waals surface area contributed by atoms with Crippen LogP contribution in [0.4, 0.5) is 0 Å². The molecule has 0 atom stereocenters. The van der Waals surface area contributed by atoms with Gasteiger partial charge in [0.1, 0.15) is 11.5 Å². The molecule has 0 aliphatic carbocycles. The molecule has 2 radical (unpaired) electrons. The number of benzene rings is 1. The fourth-order valence-electron chi connectivity index (χ4n) is 1.00. The van der Waals surface area contributed by atoms with E-state index in [4.69, 9.17) is 16.4 Å². The van der Waals surface area contributed by atoms with Crippen LogP contribution in [-0.4, -0.2) is 20.0 Å². The van der Waals surface area contributed by atoms with Crippen LogP contribution in [0.2, 0.25) is 0 Å². The molecule has 0 aliphatic heterocycles. The number of hydrogen-bond acceptors (Lipinski definition) is 3. The second-order valence-corrected chi connectivity index (χ2v) is 2.43. The molecule has 0 aliphatic rings. The summed E-state index contributed by atoms with van der Waals surface area (Å²) in [5.41, 5.74) is 0.350. The predicted molar refractivity (Wildman–Crippen MR) is 48.2 cm³/mol. The number of ether oxygens (including phenoxy) is 2. The fraction of sp³-hybridized carbons (Fsp3) is 0.200. The molecule has 0 amide bonds. The van der Waals surface area contributed by atoms with Gasteiger partial charge in [-0.25, -0.2) is 0 Å². The van der Waals surface area contributed by atoms with Crippen molar-refractivity contribution >= 4 is 5.78 Å². The molecule has 1 aromatic rings. The highest BCUT2D eigenvalue weighted by atomic mass is 16.5. The van der Waals surface area contributed by atoms with Gasteiger partial charge in [0.15, 0.2) is 5.78 Å². The molecule has 0 spiro atoms. The Morgan fingerprint density at radius 3 is 2.46 bits per heavy atom. The van der Waals surface area contributed by atoms with Gasteiger partial charge in [-0.3, -0.25) is 4.79 Å². The van der Waals surface area contributed by atoms with Gasteiger partial charge in [0.05, 0.1) is 19.8 Å². The van der Waals surface area contributed by atoms with Crippen molar-refractivity contribution in [3.63, 3.8) is 0 Å². The molecule has 0 unspecified atom stereocenters. The third-order valence-corrected chi connectivity index (χ3v) is 1.67. The van der Waals surface area contributed by atoms with E-state index >= 15 is 0 Å². The Balaban J connectivity index is 3.15. The van der Waals surface area contributed by atoms with Crippen molar-refractivity contribution in [1.29, 1.82) is 0 Å². The third kappa shape index (κ3) is 1.99. The van der Waals surface area contributed by atoms with Gasteiger partial charge in [0, 0.05) is 13.0 Å². The molecular weight excluding hydrogens is 168 g/mol. The molecule has 0 fully saturated rings. The summed E-state index contributed by atoms with van der Waals surface area (Å²) in [6.07, 6.45) is 0. The van der Waals surface area contributed by atoms with E-state index in [0.29, 0.717) is 17.1 Å². The van der Waals surface area contributed by atoms with Crippen LogP contribution in [0.25, 0.3) is 0 Å². The van der Waals surface area contributed by atoms with Gasteiger partial charge in [-0.2, -0.15) is 0 Å². The Morgan fingerprint density at radius 2 is 2.00 bits per heavy atom. The van der Waals surface area contributed by atoms with Gasteiger partial charge in [0.25, 0.3) is 0 Å². The maximum absolute atomic E-state index is 10.9. The zero-order chi connectivity index (χ0) is 9.84. The fourth-order valence-corrected chi connectivity index (χ4v) is 1.00. The summed E-state index contributed by atoms with van der Waals surface area (Å²) >= 11 is 0. The number of carbonyl (C=O) groups is 1. The van der Waals surface area contributed by atoms with Gasteiger partial charge in [-0.05, 0) is 12.1 Å². The second kappa shape index (κ2) is 3.94. The van der Waals surface area contributed by atoms with E-state index < -0.39 is 5.78 Å². The molecule has 0 aromatic heterocycles. The molecule has 0 bridgehead atoms. The van der Waals surface area contributed by atoms with Gasteiger partial charge in [0.2, 0.25) is 0 Å². The SMILES string of the molecule is [CH]C(=O)c1ccc(OC)cc1OC. The first kappa shape index (κ1) is 9.58. The van der Waals surface area contributed by atoms with Crippen molar-refractivity contribution in [3.8, 4) is 11.5 Å². The Morgan fingerprint density at radius 1 is 1.31 bits per heavy atom. The topological polar surface area (TPSA) is 35.5 Å². The minimum absolute atomic E-state index is 0.350. The third-order valence-electron chi connectivity index (χ3n) is 1.67. The lowest BCUT2D eigenvalue weighted by Gasteiger charge is -2.07. The van der Waals surface area contributed by atoms with Crippen LogP contribution in [0.1, 0.15) is 10.4 Å². The molecule has 3 heteroatoms. The maximum Gasteiger partial charge on any atom is 0.171 e. The second-order valence-electron chi connectivity index (χ2n) is 2.43. The minimum atomic E-state index is -0.514. The Bertz CT molecular complexity index is 318. The Labute approximate surface area is 77.3 Å². The van der Waals surface area contributed by atoms with Gasteiger partial charge in [-0.15, -0.1) is 0 Å². The quantitative estimate of drug-likeness (QED) is 0.659. The van der Waals surface area contributed by atoms with Crippen LogP contribution < -0.4 is 9.47 Å². The van der Waals surface area contributed by atoms with Crippen molar-refractivity contribution in [1.82, 2.24) is 0 Å². The normalized spacial score (nSPS) is 9.46. The maximum atomic E-state index is 10.9. The highest BCUT2D eigenvalue weighted by Crippen LogP contribution is 2.24. The van der Waals surface area contributed by atoms with Gasteiger partial charge >= 0.3 is 0 Å². The van der Waals surface area contributed by atoms with E-state index in [1.165, 1.54) is 7.11 Å². The van der Waals surface area contributed by atoms with Crippen molar-refractivity contribution < 1.29 is 14.3 Å². The van der Waals surface area contributed by atoms with Crippen LogP contribution in [0.3, 0.4) is 0 Å². The largest absolute Gasteiger partial charge is 0.497 e. The number of hydrogen-bond donors (Lipinski definition) is 0. The molecule has 13 heavy (non-hydrogen) atoms. The molecule has 0 N–H and O–H groups in total.